The summed E-state index contributed by atoms with van der Waals surface area (Å²) >= 11 is 6.33. The molecule has 7 nitrogen and oxygen atoms in total. The summed E-state index contributed by atoms with van der Waals surface area (Å²) in [6, 6.07) is 27.8. The zero-order valence-electron chi connectivity index (χ0n) is 21.3. The fourth-order valence-corrected chi connectivity index (χ4v) is 5.20. The molecule has 0 saturated heterocycles. The summed E-state index contributed by atoms with van der Waals surface area (Å²) in [6.45, 7) is 2.08. The molecule has 1 aliphatic heterocycles. The van der Waals surface area contributed by atoms with Gasteiger partial charge in [-0.05, 0) is 59.7 Å². The van der Waals surface area contributed by atoms with Gasteiger partial charge in [-0.25, -0.2) is 0 Å². The molecule has 39 heavy (non-hydrogen) atoms. The number of hydrogen-bond acceptors (Lipinski definition) is 5. The summed E-state index contributed by atoms with van der Waals surface area (Å²) in [5.74, 6) is -0.184. The highest BCUT2D eigenvalue weighted by atomic mass is 35.5. The highest BCUT2D eigenvalue weighted by molar-refractivity contribution is 6.31. The van der Waals surface area contributed by atoms with E-state index < -0.39 is 0 Å². The molecule has 0 saturated carbocycles. The molecule has 0 aliphatic carbocycles. The minimum Gasteiger partial charge on any atom is -0.618 e. The van der Waals surface area contributed by atoms with E-state index in [1.807, 2.05) is 48.5 Å². The first kappa shape index (κ1) is 24.7. The van der Waals surface area contributed by atoms with Crippen molar-refractivity contribution in [3.63, 3.8) is 0 Å². The molecule has 1 atom stereocenters. The second kappa shape index (κ2) is 10.6. The zero-order valence-corrected chi connectivity index (χ0v) is 22.0. The van der Waals surface area contributed by atoms with E-state index in [-0.39, 0.29) is 5.92 Å². The van der Waals surface area contributed by atoms with Gasteiger partial charge in [0.05, 0.1) is 17.3 Å². The Balaban J connectivity index is 1.39. The molecule has 3 aromatic carbocycles. The van der Waals surface area contributed by atoms with Crippen LogP contribution in [-0.4, -0.2) is 25.9 Å². The molecule has 5 aromatic rings. The molecule has 6 rings (SSSR count). The Hall–Kier alpha value is -4.62. The van der Waals surface area contributed by atoms with Crippen molar-refractivity contribution < 1.29 is 4.73 Å². The maximum Gasteiger partial charge on any atom is 0.201 e. The fraction of sp³-hybridized carbons (Fsp3) is 0.129. The van der Waals surface area contributed by atoms with Crippen molar-refractivity contribution in [2.45, 2.75) is 25.7 Å². The van der Waals surface area contributed by atoms with Gasteiger partial charge in [-0.15, -0.1) is 5.10 Å². The minimum absolute atomic E-state index is 0.184. The second-order valence-corrected chi connectivity index (χ2v) is 10.0. The van der Waals surface area contributed by atoms with E-state index in [4.69, 9.17) is 16.6 Å². The number of halogens is 1. The van der Waals surface area contributed by atoms with Gasteiger partial charge in [-0.2, -0.15) is 9.41 Å². The van der Waals surface area contributed by atoms with Crippen LogP contribution in [0.25, 0.3) is 22.5 Å². The van der Waals surface area contributed by atoms with Crippen LogP contribution in [0.4, 0.5) is 0 Å². The number of tetrazole rings is 1. The summed E-state index contributed by atoms with van der Waals surface area (Å²) in [4.78, 5) is 5.04. The van der Waals surface area contributed by atoms with Crippen LogP contribution in [0.15, 0.2) is 109 Å². The number of rotatable bonds is 7. The van der Waals surface area contributed by atoms with Crippen molar-refractivity contribution >= 4 is 23.0 Å². The molecule has 2 aromatic heterocycles. The quantitative estimate of drug-likeness (QED) is 0.186. The molecule has 1 aliphatic rings. The highest BCUT2D eigenvalue weighted by Gasteiger charge is 2.29. The second-order valence-electron chi connectivity index (χ2n) is 9.59. The number of aliphatic imine (C=N–C) groups is 1. The molecule has 192 valence electrons. The first-order chi connectivity index (χ1) is 19.0. The van der Waals surface area contributed by atoms with Gasteiger partial charge in [0.2, 0.25) is 5.69 Å². The van der Waals surface area contributed by atoms with Gasteiger partial charge in [-0.1, -0.05) is 71.8 Å². The third-order valence-corrected chi connectivity index (χ3v) is 7.17. The van der Waals surface area contributed by atoms with Crippen LogP contribution in [0.3, 0.4) is 0 Å². The Morgan fingerprint density at radius 1 is 0.974 bits per heavy atom. The van der Waals surface area contributed by atoms with Gasteiger partial charge >= 0.3 is 0 Å². The molecule has 3 heterocycles. The van der Waals surface area contributed by atoms with Crippen molar-refractivity contribution in [3.8, 4) is 16.8 Å². The number of nitrogens with zero attached hydrogens (tertiary/aromatic N) is 6. The summed E-state index contributed by atoms with van der Waals surface area (Å²) < 4.78 is 2.51. The van der Waals surface area contributed by atoms with E-state index in [2.05, 4.69) is 58.9 Å². The maximum atomic E-state index is 13.6. The first-order valence-electron chi connectivity index (χ1n) is 12.7. The number of pyridine rings is 1. The van der Waals surface area contributed by atoms with E-state index in [0.717, 1.165) is 38.5 Å². The molecule has 0 amide bonds. The van der Waals surface area contributed by atoms with E-state index >= 15 is 0 Å². The number of aromatic nitrogens is 5. The highest BCUT2D eigenvalue weighted by Crippen LogP contribution is 2.33. The monoisotopic (exact) mass is 532 g/mol. The SMILES string of the molecule is Cc1cccc(C2=CCC(C(Cc3ccccc3)c3ccc(-c4cc(Cl)ccc4-n4cnnn4)c[n+]3[O-])=N2)c1. The van der Waals surface area contributed by atoms with Gasteiger partial charge in [0, 0.05) is 39.9 Å². The number of aryl methyl sites for hydroxylation is 1. The predicted octanol–water partition coefficient (Wildman–Crippen LogP) is 6.14. The topological polar surface area (TPSA) is 82.9 Å². The summed E-state index contributed by atoms with van der Waals surface area (Å²) in [5, 5.41) is 25.7. The van der Waals surface area contributed by atoms with Crippen LogP contribution >= 0.6 is 11.6 Å². The largest absolute Gasteiger partial charge is 0.618 e. The van der Waals surface area contributed by atoms with E-state index in [1.54, 1.807) is 16.9 Å². The van der Waals surface area contributed by atoms with Crippen LogP contribution < -0.4 is 4.73 Å². The van der Waals surface area contributed by atoms with E-state index in [1.165, 1.54) is 11.9 Å². The number of hydrogen-bond donors (Lipinski definition) is 0. The number of allylic oxidation sites excluding steroid dienone is 1. The Bertz CT molecular complexity index is 1700. The summed E-state index contributed by atoms with van der Waals surface area (Å²) in [5.41, 5.74) is 8.19. The van der Waals surface area contributed by atoms with Crippen LogP contribution in [0, 0.1) is 12.1 Å². The minimum atomic E-state index is -0.184. The molecule has 0 fully saturated rings. The van der Waals surface area contributed by atoms with Crippen LogP contribution in [0.5, 0.6) is 0 Å². The Morgan fingerprint density at radius 3 is 2.62 bits per heavy atom. The normalized spacial score (nSPS) is 13.7. The third kappa shape index (κ3) is 5.22. The van der Waals surface area contributed by atoms with E-state index in [0.29, 0.717) is 29.1 Å². The lowest BCUT2D eigenvalue weighted by Crippen LogP contribution is -2.36. The molecule has 8 heteroatoms. The van der Waals surface area contributed by atoms with Crippen LogP contribution in [0.2, 0.25) is 5.02 Å². The molecule has 0 spiro atoms. The van der Waals surface area contributed by atoms with Crippen LogP contribution in [0.1, 0.15) is 34.7 Å². The molecule has 1 unspecified atom stereocenters. The zero-order chi connectivity index (χ0) is 26.8. The Morgan fingerprint density at radius 2 is 1.85 bits per heavy atom. The van der Waals surface area contributed by atoms with Crippen molar-refractivity contribution in [2.24, 2.45) is 4.99 Å². The van der Waals surface area contributed by atoms with Gasteiger partial charge < -0.3 is 5.21 Å². The summed E-state index contributed by atoms with van der Waals surface area (Å²) in [6.07, 6.45) is 6.62. The predicted molar refractivity (Wildman–Crippen MR) is 153 cm³/mol. The first-order valence-corrected chi connectivity index (χ1v) is 13.1. The number of benzene rings is 3. The van der Waals surface area contributed by atoms with Crippen molar-refractivity contribution in [3.05, 3.63) is 136 Å². The molecular weight excluding hydrogens is 508 g/mol. The lowest BCUT2D eigenvalue weighted by molar-refractivity contribution is -0.614. The van der Waals surface area contributed by atoms with Crippen molar-refractivity contribution in [1.82, 2.24) is 20.2 Å². The maximum absolute atomic E-state index is 13.6. The van der Waals surface area contributed by atoms with Crippen molar-refractivity contribution in [2.75, 3.05) is 0 Å². The standard InChI is InChI=1S/C31H25ClN6O/c1-21-6-5-9-23(16-21)28-12-13-29(34-28)27(17-22-7-3-2-4-8-22)31-14-10-24(19-38(31)39)26-18-25(32)11-15-30(26)37-20-33-35-36-37/h2-12,14-16,18-20,27H,13,17H2,1H3. The van der Waals surface area contributed by atoms with Gasteiger partial charge in [-0.3, -0.25) is 4.99 Å². The smallest absolute Gasteiger partial charge is 0.201 e. The van der Waals surface area contributed by atoms with Gasteiger partial charge in [0.1, 0.15) is 6.33 Å². The summed E-state index contributed by atoms with van der Waals surface area (Å²) in [7, 11) is 0. The third-order valence-electron chi connectivity index (χ3n) is 6.93. The average Bonchev–Trinajstić information content (AvgIpc) is 3.66. The Labute approximate surface area is 231 Å². The molecule has 0 N–H and O–H groups in total. The fourth-order valence-electron chi connectivity index (χ4n) is 5.03. The Kier molecular flexibility index (Phi) is 6.73. The lowest BCUT2D eigenvalue weighted by Gasteiger charge is -2.18. The van der Waals surface area contributed by atoms with Gasteiger partial charge in [0.15, 0.2) is 6.20 Å². The van der Waals surface area contributed by atoms with E-state index in [9.17, 15) is 5.21 Å². The average molecular weight is 533 g/mol. The molecule has 0 bridgehead atoms. The van der Waals surface area contributed by atoms with Gasteiger partial charge in [0.25, 0.3) is 0 Å². The van der Waals surface area contributed by atoms with Crippen LogP contribution in [-0.2, 0) is 6.42 Å². The van der Waals surface area contributed by atoms with Crippen molar-refractivity contribution in [1.29, 1.82) is 0 Å². The molecule has 0 radical (unpaired) electrons. The molecular formula is C31H25ClN6O. The lowest BCUT2D eigenvalue weighted by atomic mass is 9.89.